The number of ether oxygens (including phenoxy) is 2. The summed E-state index contributed by atoms with van der Waals surface area (Å²) in [5.74, 6) is -3.01. The van der Waals surface area contributed by atoms with E-state index in [0.717, 1.165) is 28.5 Å². The smallest absolute Gasteiger partial charge is 0.343 e. The minimum absolute atomic E-state index is 0.0152. The highest BCUT2D eigenvalue weighted by atomic mass is 19.1. The Labute approximate surface area is 355 Å². The number of hydrogen-bond acceptors (Lipinski definition) is 12. The molecular weight excluding hydrogens is 804 g/mol. The molecule has 1 aliphatic carbocycles. The molecule has 1 saturated carbocycles. The highest BCUT2D eigenvalue weighted by molar-refractivity contribution is 5.93. The molecule has 3 unspecified atom stereocenters. The average Bonchev–Trinajstić information content (AvgIpc) is 3.64. The Bertz CT molecular complexity index is 2520. The highest BCUT2D eigenvalue weighted by Gasteiger charge is 2.48. The summed E-state index contributed by atoms with van der Waals surface area (Å²) in [6, 6.07) is 12.9. The van der Waals surface area contributed by atoms with Crippen molar-refractivity contribution < 1.29 is 42.9 Å². The Morgan fingerprint density at radius 1 is 1.02 bits per heavy atom. The molecule has 326 valence electrons. The number of carbonyl (C=O) groups is 5. The maximum atomic E-state index is 15.0. The first-order valence-corrected chi connectivity index (χ1v) is 20.7. The van der Waals surface area contributed by atoms with Crippen LogP contribution < -0.4 is 32.6 Å². The Morgan fingerprint density at radius 3 is 2.48 bits per heavy atom. The van der Waals surface area contributed by atoms with Crippen molar-refractivity contribution in [1.29, 1.82) is 0 Å². The van der Waals surface area contributed by atoms with Gasteiger partial charge in [0.15, 0.2) is 5.60 Å². The monoisotopic (exact) mass is 852 g/mol. The number of amides is 4. The molecule has 4 atom stereocenters. The van der Waals surface area contributed by atoms with Crippen molar-refractivity contribution in [3.63, 3.8) is 0 Å². The number of aryl methyl sites for hydroxylation is 1. The first kappa shape index (κ1) is 42.6. The largest absolute Gasteiger partial charge is 0.458 e. The fourth-order valence-corrected chi connectivity index (χ4v) is 9.16. The van der Waals surface area contributed by atoms with Crippen LogP contribution in [0, 0.1) is 24.6 Å². The number of fused-ring (bicyclic) bond motifs is 7. The molecule has 6 heterocycles. The molecule has 4 amide bonds. The van der Waals surface area contributed by atoms with E-state index in [0.29, 0.717) is 42.1 Å². The van der Waals surface area contributed by atoms with Crippen LogP contribution in [0.25, 0.3) is 22.3 Å². The number of aliphatic hydroxyl groups is 1. The Kier molecular flexibility index (Phi) is 11.9. The number of hydrogen-bond donors (Lipinski definition) is 6. The van der Waals surface area contributed by atoms with Gasteiger partial charge in [-0.1, -0.05) is 37.3 Å². The predicted molar refractivity (Wildman–Crippen MR) is 221 cm³/mol. The van der Waals surface area contributed by atoms with E-state index in [4.69, 9.17) is 20.2 Å². The number of nitrogens with one attached hydrogen (secondary N) is 4. The van der Waals surface area contributed by atoms with Gasteiger partial charge in [0.1, 0.15) is 25.2 Å². The van der Waals surface area contributed by atoms with Crippen LogP contribution in [0.1, 0.15) is 53.1 Å². The van der Waals surface area contributed by atoms with Gasteiger partial charge in [0.2, 0.25) is 23.6 Å². The third-order valence-electron chi connectivity index (χ3n) is 12.5. The molecular formula is C44H49FN8O9. The molecule has 0 radical (unpaired) electrons. The fraction of sp³-hybridized carbons (Fsp3) is 0.432. The molecule has 2 aromatic carbocycles. The summed E-state index contributed by atoms with van der Waals surface area (Å²) >= 11 is 0. The second-order valence-corrected chi connectivity index (χ2v) is 16.5. The van der Waals surface area contributed by atoms with Crippen LogP contribution in [0.5, 0.6) is 0 Å². The maximum absolute atomic E-state index is 15.0. The van der Waals surface area contributed by atoms with Crippen molar-refractivity contribution in [2.75, 3.05) is 39.5 Å². The van der Waals surface area contributed by atoms with Crippen molar-refractivity contribution in [2.45, 2.75) is 70.6 Å². The third-order valence-corrected chi connectivity index (χ3v) is 12.5. The van der Waals surface area contributed by atoms with Gasteiger partial charge in [-0.3, -0.25) is 28.9 Å². The molecule has 18 heteroatoms. The second-order valence-electron chi connectivity index (χ2n) is 16.5. The summed E-state index contributed by atoms with van der Waals surface area (Å²) in [6.45, 7) is 4.15. The molecule has 0 spiro atoms. The van der Waals surface area contributed by atoms with Gasteiger partial charge in [-0.15, -0.1) is 0 Å². The molecule has 2 aromatic heterocycles. The molecule has 62 heavy (non-hydrogen) atoms. The zero-order chi connectivity index (χ0) is 43.9. The van der Waals surface area contributed by atoms with E-state index in [-0.39, 0.29) is 87.0 Å². The van der Waals surface area contributed by atoms with Crippen LogP contribution in [0.4, 0.5) is 4.39 Å². The summed E-state index contributed by atoms with van der Waals surface area (Å²) in [5.41, 5.74) is 7.77. The van der Waals surface area contributed by atoms with Crippen LogP contribution in [-0.2, 0) is 65.2 Å². The van der Waals surface area contributed by atoms with E-state index >= 15 is 4.39 Å². The number of carbonyl (C=O) groups excluding carboxylic acids is 5. The van der Waals surface area contributed by atoms with E-state index < -0.39 is 47.1 Å². The first-order chi connectivity index (χ1) is 29.8. The number of pyridine rings is 2. The van der Waals surface area contributed by atoms with E-state index in [9.17, 15) is 33.9 Å². The van der Waals surface area contributed by atoms with Gasteiger partial charge < -0.3 is 46.1 Å². The van der Waals surface area contributed by atoms with Crippen LogP contribution in [0.15, 0.2) is 53.3 Å². The van der Waals surface area contributed by atoms with Crippen molar-refractivity contribution in [3.05, 3.63) is 98.1 Å². The number of nitrogens with zero attached hydrogens (tertiary/aromatic N) is 3. The van der Waals surface area contributed by atoms with Gasteiger partial charge >= 0.3 is 5.97 Å². The lowest BCUT2D eigenvalue weighted by Gasteiger charge is -2.53. The van der Waals surface area contributed by atoms with Crippen molar-refractivity contribution >= 4 is 40.5 Å². The van der Waals surface area contributed by atoms with Gasteiger partial charge in [0.25, 0.3) is 5.56 Å². The average molecular weight is 853 g/mol. The quantitative estimate of drug-likeness (QED) is 0.0619. The van der Waals surface area contributed by atoms with E-state index in [2.05, 4.69) is 26.2 Å². The fourth-order valence-electron chi connectivity index (χ4n) is 9.16. The molecule has 4 aliphatic heterocycles. The summed E-state index contributed by atoms with van der Waals surface area (Å²) in [4.78, 5) is 83.7. The van der Waals surface area contributed by atoms with Crippen LogP contribution >= 0.6 is 0 Å². The molecule has 2 bridgehead atoms. The van der Waals surface area contributed by atoms with Gasteiger partial charge in [-0.2, -0.15) is 0 Å². The molecule has 7 N–H and O–H groups in total. The van der Waals surface area contributed by atoms with Gasteiger partial charge in [-0.25, -0.2) is 14.2 Å². The topological polar surface area (TPSA) is 236 Å². The minimum Gasteiger partial charge on any atom is -0.458 e. The Hall–Kier alpha value is -6.08. The van der Waals surface area contributed by atoms with Gasteiger partial charge in [-0.05, 0) is 60.4 Å². The first-order valence-electron chi connectivity index (χ1n) is 20.7. The van der Waals surface area contributed by atoms with Crippen LogP contribution in [0.3, 0.4) is 0 Å². The molecule has 17 nitrogen and oxygen atoms in total. The molecule has 4 aromatic rings. The number of aromatic nitrogens is 2. The zero-order valence-electron chi connectivity index (χ0n) is 34.4. The minimum atomic E-state index is -1.97. The molecule has 9 rings (SSSR count). The second kappa shape index (κ2) is 17.4. The summed E-state index contributed by atoms with van der Waals surface area (Å²) in [7, 11) is 0. The van der Waals surface area contributed by atoms with E-state index in [1.807, 2.05) is 18.2 Å². The molecule has 3 fully saturated rings. The summed E-state index contributed by atoms with van der Waals surface area (Å²) in [6.07, 6.45) is 1.02. The number of nitrogens with two attached hydrogens (primary N) is 1. The van der Waals surface area contributed by atoms with Gasteiger partial charge in [0, 0.05) is 48.6 Å². The van der Waals surface area contributed by atoms with Crippen molar-refractivity contribution in [2.24, 2.45) is 17.6 Å². The lowest BCUT2D eigenvalue weighted by atomic mass is 9.68. The SMILES string of the molecule is CC[C@@]1(O)C(=O)OCc2c1cc1n(c2=O)Cc2c-1nc1cc(F)c(C)cc1c2CN1CC2CC(C1)C2OCNC(=O)CNC(=O)C(Cc1ccccc1)NC(=O)CNC(=O)CN. The number of esters is 1. The number of piperidine rings is 2. The molecule has 5 aliphatic rings. The number of cyclic esters (lactones) is 1. The lowest BCUT2D eigenvalue weighted by Crippen LogP contribution is -2.59. The third kappa shape index (κ3) is 8.17. The molecule has 2 saturated heterocycles. The standard InChI is InChI=1S/C44H49FN8O9/c1-3-44(60)31-12-35-39-29(20-53(35)42(58)30(31)21-61-43(44)59)28(27-9-23(2)32(45)13-33(27)51-39)19-52-17-25-11-26(18-52)40(25)62-22-49-37(55)15-48-41(57)34(10-24-7-5-4-6-8-24)50-38(56)16-47-36(54)14-46/h4-9,12-13,25-26,34,40,60H,3,10-11,14-22,46H2,1-2H3,(H,47,54)(H,48,57)(H,49,55)(H,50,56)/t25?,26?,34?,40?,44-/m0/s1. The highest BCUT2D eigenvalue weighted by Crippen LogP contribution is 2.45. The van der Waals surface area contributed by atoms with Gasteiger partial charge in [0.05, 0.1) is 54.8 Å². The number of benzene rings is 2. The predicted octanol–water partition coefficient (Wildman–Crippen LogP) is 0.356. The van der Waals surface area contributed by atoms with E-state index in [1.165, 1.54) is 6.07 Å². The number of rotatable bonds is 15. The Balaban J connectivity index is 0.895. The lowest BCUT2D eigenvalue weighted by molar-refractivity contribution is -0.172. The summed E-state index contributed by atoms with van der Waals surface area (Å²) < 4.78 is 28.0. The van der Waals surface area contributed by atoms with Crippen molar-refractivity contribution in [1.82, 2.24) is 35.7 Å². The van der Waals surface area contributed by atoms with Crippen LogP contribution in [0.2, 0.25) is 0 Å². The zero-order valence-corrected chi connectivity index (χ0v) is 34.4. The summed E-state index contributed by atoms with van der Waals surface area (Å²) in [5, 5.41) is 22.4. The van der Waals surface area contributed by atoms with Crippen molar-refractivity contribution in [3.8, 4) is 11.4 Å². The normalized spacial score (nSPS) is 21.4. The van der Waals surface area contributed by atoms with Crippen LogP contribution in [-0.4, -0.2) is 101 Å². The number of halogens is 1. The van der Waals surface area contributed by atoms with E-state index in [1.54, 1.807) is 42.7 Å². The Morgan fingerprint density at radius 2 is 1.76 bits per heavy atom. The maximum Gasteiger partial charge on any atom is 0.343 e.